The van der Waals surface area contributed by atoms with Crippen molar-refractivity contribution in [2.24, 2.45) is 0 Å². The first kappa shape index (κ1) is 24.9. The number of pyridine rings is 1. The zero-order chi connectivity index (χ0) is 24.5. The molecule has 0 saturated carbocycles. The lowest BCUT2D eigenvalue weighted by Gasteiger charge is -2.14. The number of hydrogen-bond donors (Lipinski definition) is 0. The molecule has 0 radical (unpaired) electrons. The highest BCUT2D eigenvalue weighted by molar-refractivity contribution is 9.09. The highest BCUT2D eigenvalue weighted by atomic mass is 79.9. The largest absolute Gasteiger partial charge is 0.497 e. The van der Waals surface area contributed by atoms with Crippen molar-refractivity contribution in [3.63, 3.8) is 0 Å². The maximum absolute atomic E-state index is 6.13. The van der Waals surface area contributed by atoms with Gasteiger partial charge in [0.25, 0.3) is 11.1 Å². The summed E-state index contributed by atoms with van der Waals surface area (Å²) in [6, 6.07) is 17.1. The Morgan fingerprint density at radius 3 is 2.00 bits per heavy atom. The molecule has 0 atom stereocenters. The molecule has 0 bridgehead atoms. The molecule has 2 aromatic carbocycles. The molecular formula is C25H24BrN3O5S. The van der Waals surface area contributed by atoms with Gasteiger partial charge in [0.05, 0.1) is 20.4 Å². The minimum Gasteiger partial charge on any atom is -0.497 e. The number of hydrogen-bond acceptors (Lipinski definition) is 9. The topological polar surface area (TPSA) is 88.7 Å². The monoisotopic (exact) mass is 557 g/mol. The SMILES string of the molecule is COc1ccc(COc2cnc(-c3nnc(SCCBr)o3)cc2OCc2ccc(OC)cc2)cc1. The number of rotatable bonds is 12. The second-order valence-electron chi connectivity index (χ2n) is 7.20. The van der Waals surface area contributed by atoms with Crippen LogP contribution in [0.1, 0.15) is 11.1 Å². The van der Waals surface area contributed by atoms with E-state index in [9.17, 15) is 0 Å². The lowest BCUT2D eigenvalue weighted by Crippen LogP contribution is -2.02. The summed E-state index contributed by atoms with van der Waals surface area (Å²) in [6.45, 7) is 0.681. The molecule has 0 aliphatic rings. The average Bonchev–Trinajstić information content (AvgIpc) is 3.39. The first-order valence-electron chi connectivity index (χ1n) is 10.7. The van der Waals surface area contributed by atoms with E-state index in [2.05, 4.69) is 31.1 Å². The molecular weight excluding hydrogens is 534 g/mol. The molecule has 0 amide bonds. The molecule has 8 nitrogen and oxygen atoms in total. The van der Waals surface area contributed by atoms with Gasteiger partial charge in [-0.1, -0.05) is 52.0 Å². The van der Waals surface area contributed by atoms with Crippen molar-refractivity contribution in [2.75, 3.05) is 25.3 Å². The number of nitrogens with zero attached hydrogens (tertiary/aromatic N) is 3. The molecule has 10 heteroatoms. The molecule has 0 spiro atoms. The van der Waals surface area contributed by atoms with E-state index in [0.29, 0.717) is 41.5 Å². The van der Waals surface area contributed by atoms with E-state index in [1.807, 2.05) is 48.5 Å². The third-order valence-electron chi connectivity index (χ3n) is 4.87. The molecule has 35 heavy (non-hydrogen) atoms. The summed E-state index contributed by atoms with van der Waals surface area (Å²) in [7, 11) is 3.27. The van der Waals surface area contributed by atoms with Gasteiger partial charge in [0.15, 0.2) is 11.5 Å². The van der Waals surface area contributed by atoms with E-state index >= 15 is 0 Å². The number of alkyl halides is 1. The van der Waals surface area contributed by atoms with Crippen LogP contribution >= 0.6 is 27.7 Å². The van der Waals surface area contributed by atoms with E-state index in [0.717, 1.165) is 33.7 Å². The third-order valence-corrected chi connectivity index (χ3v) is 6.61. The molecule has 0 fully saturated rings. The second kappa shape index (κ2) is 12.5. The zero-order valence-corrected chi connectivity index (χ0v) is 21.7. The van der Waals surface area contributed by atoms with Crippen molar-refractivity contribution < 1.29 is 23.4 Å². The summed E-state index contributed by atoms with van der Waals surface area (Å²) < 4.78 is 28.4. The van der Waals surface area contributed by atoms with Crippen LogP contribution in [0.3, 0.4) is 0 Å². The minimum atomic E-state index is 0.318. The Morgan fingerprint density at radius 1 is 0.829 bits per heavy atom. The molecule has 0 unspecified atom stereocenters. The maximum atomic E-state index is 6.13. The van der Waals surface area contributed by atoms with Crippen molar-refractivity contribution in [3.8, 4) is 34.6 Å². The maximum Gasteiger partial charge on any atom is 0.276 e. The van der Waals surface area contributed by atoms with Gasteiger partial charge in [-0.2, -0.15) is 0 Å². The molecule has 4 aromatic rings. The summed E-state index contributed by atoms with van der Waals surface area (Å²) in [5, 5.41) is 9.51. The summed E-state index contributed by atoms with van der Waals surface area (Å²) in [4.78, 5) is 4.46. The lowest BCUT2D eigenvalue weighted by molar-refractivity contribution is 0.254. The Bertz CT molecular complexity index is 1220. The van der Waals surface area contributed by atoms with Crippen molar-refractivity contribution in [2.45, 2.75) is 18.4 Å². The van der Waals surface area contributed by atoms with E-state index in [-0.39, 0.29) is 0 Å². The van der Waals surface area contributed by atoms with Gasteiger partial charge in [-0.15, -0.1) is 10.2 Å². The fourth-order valence-electron chi connectivity index (χ4n) is 3.03. The van der Waals surface area contributed by atoms with Crippen LogP contribution in [-0.2, 0) is 13.2 Å². The van der Waals surface area contributed by atoms with E-state index in [1.165, 1.54) is 11.8 Å². The van der Waals surface area contributed by atoms with Gasteiger partial charge >= 0.3 is 0 Å². The number of ether oxygens (including phenoxy) is 4. The van der Waals surface area contributed by atoms with Crippen LogP contribution < -0.4 is 18.9 Å². The molecule has 0 saturated heterocycles. The van der Waals surface area contributed by atoms with Crippen molar-refractivity contribution >= 4 is 27.7 Å². The van der Waals surface area contributed by atoms with Crippen LogP contribution in [0.5, 0.6) is 23.0 Å². The highest BCUT2D eigenvalue weighted by Gasteiger charge is 2.15. The normalized spacial score (nSPS) is 10.7. The Labute approximate surface area is 216 Å². The lowest BCUT2D eigenvalue weighted by atomic mass is 10.2. The number of benzene rings is 2. The summed E-state index contributed by atoms with van der Waals surface area (Å²) in [6.07, 6.45) is 1.61. The third kappa shape index (κ3) is 6.89. The Kier molecular flexibility index (Phi) is 8.85. The summed E-state index contributed by atoms with van der Waals surface area (Å²) >= 11 is 4.86. The molecule has 2 aromatic heterocycles. The van der Waals surface area contributed by atoms with Crippen molar-refractivity contribution in [1.29, 1.82) is 0 Å². The van der Waals surface area contributed by atoms with Crippen molar-refractivity contribution in [1.82, 2.24) is 15.2 Å². The first-order chi connectivity index (χ1) is 17.2. The van der Waals surface area contributed by atoms with Gasteiger partial charge < -0.3 is 23.4 Å². The standard InChI is InChI=1S/C25H24BrN3O5S/c1-30-19-7-3-17(4-8-19)15-32-22-13-21(24-28-29-25(34-24)35-12-11-26)27-14-23(22)33-16-18-5-9-20(31-2)10-6-18/h3-10,13-14H,11-12,15-16H2,1-2H3. The van der Waals surface area contributed by atoms with Crippen molar-refractivity contribution in [3.05, 3.63) is 71.9 Å². The predicted molar refractivity (Wildman–Crippen MR) is 137 cm³/mol. The fourth-order valence-corrected chi connectivity index (χ4v) is 4.00. The molecule has 182 valence electrons. The van der Waals surface area contributed by atoms with E-state index in [4.69, 9.17) is 23.4 Å². The molecule has 0 aliphatic heterocycles. The summed E-state index contributed by atoms with van der Waals surface area (Å²) in [5.74, 6) is 3.74. The highest BCUT2D eigenvalue weighted by Crippen LogP contribution is 2.33. The van der Waals surface area contributed by atoms with Gasteiger partial charge in [0, 0.05) is 17.1 Å². The Morgan fingerprint density at radius 2 is 1.43 bits per heavy atom. The van der Waals surface area contributed by atoms with Gasteiger partial charge in [-0.05, 0) is 35.4 Å². The van der Waals surface area contributed by atoms with Gasteiger partial charge in [0.2, 0.25) is 0 Å². The van der Waals surface area contributed by atoms with Gasteiger partial charge in [-0.25, -0.2) is 4.98 Å². The smallest absolute Gasteiger partial charge is 0.276 e. The minimum absolute atomic E-state index is 0.318. The molecule has 4 rings (SSSR count). The van der Waals surface area contributed by atoms with Crippen LogP contribution in [-0.4, -0.2) is 40.5 Å². The molecule has 0 aliphatic carbocycles. The van der Waals surface area contributed by atoms with E-state index in [1.54, 1.807) is 26.5 Å². The summed E-state index contributed by atoms with van der Waals surface area (Å²) in [5.41, 5.74) is 2.47. The molecule has 2 heterocycles. The van der Waals surface area contributed by atoms with Crippen LogP contribution in [0.2, 0.25) is 0 Å². The number of thioether (sulfide) groups is 1. The van der Waals surface area contributed by atoms with Crippen LogP contribution in [0, 0.1) is 0 Å². The van der Waals surface area contributed by atoms with Gasteiger partial charge in [-0.3, -0.25) is 0 Å². The molecule has 0 N–H and O–H groups in total. The van der Waals surface area contributed by atoms with E-state index < -0.39 is 0 Å². The first-order valence-corrected chi connectivity index (χ1v) is 12.8. The van der Waals surface area contributed by atoms with Gasteiger partial charge in [0.1, 0.15) is 30.4 Å². The van der Waals surface area contributed by atoms with Crippen LogP contribution in [0.25, 0.3) is 11.6 Å². The number of aromatic nitrogens is 3. The quantitative estimate of drug-likeness (QED) is 0.158. The Hall–Kier alpha value is -3.24. The Balaban J connectivity index is 1.53. The fraction of sp³-hybridized carbons (Fsp3) is 0.240. The van der Waals surface area contributed by atoms with Crippen LogP contribution in [0.15, 0.2) is 70.4 Å². The average molecular weight is 558 g/mol. The second-order valence-corrected chi connectivity index (χ2v) is 9.04. The number of halogens is 1. The number of methoxy groups -OCH3 is 2. The zero-order valence-electron chi connectivity index (χ0n) is 19.3. The predicted octanol–water partition coefficient (Wildman–Crippen LogP) is 5.79. The van der Waals surface area contributed by atoms with Crippen LogP contribution in [0.4, 0.5) is 0 Å².